The van der Waals surface area contributed by atoms with Crippen LogP contribution in [0.3, 0.4) is 0 Å². The number of benzene rings is 2. The number of nitrogens with zero attached hydrogens (tertiary/aromatic N) is 3. The van der Waals surface area contributed by atoms with Gasteiger partial charge in [0.2, 0.25) is 15.9 Å². The summed E-state index contributed by atoms with van der Waals surface area (Å²) in [5, 5.41) is 3.19. The van der Waals surface area contributed by atoms with Crippen LogP contribution in [0, 0.1) is 0 Å². The molecule has 3 aromatic rings. The number of nitrogens with one attached hydrogen (secondary N) is 1. The monoisotopic (exact) mass is 470 g/mol. The van der Waals surface area contributed by atoms with E-state index in [0.29, 0.717) is 28.9 Å². The number of anilines is 1. The molecule has 0 radical (unpaired) electrons. The summed E-state index contributed by atoms with van der Waals surface area (Å²) in [6, 6.07) is 11.4. The fraction of sp³-hybridized carbons (Fsp3) is 0.348. The molecule has 4 rings (SSSR count). The number of ether oxygens (including phenoxy) is 1. The SMILES string of the molecule is COc1ccccc1NC(=O)Cn1c(=O)ncc2cc(S(=O)(=O)N3CCCC[C@H]3C)ccc21. The van der Waals surface area contributed by atoms with Gasteiger partial charge in [0.05, 0.1) is 23.2 Å². The first-order valence-electron chi connectivity index (χ1n) is 10.8. The molecule has 0 saturated carbocycles. The summed E-state index contributed by atoms with van der Waals surface area (Å²) in [5.74, 6) is 0.0609. The Morgan fingerprint density at radius 2 is 2.00 bits per heavy atom. The van der Waals surface area contributed by atoms with E-state index in [4.69, 9.17) is 4.74 Å². The third-order valence-corrected chi connectivity index (χ3v) is 7.88. The van der Waals surface area contributed by atoms with Crippen molar-refractivity contribution in [1.29, 1.82) is 0 Å². The highest BCUT2D eigenvalue weighted by Gasteiger charge is 2.31. The van der Waals surface area contributed by atoms with Gasteiger partial charge in [-0.15, -0.1) is 0 Å². The second-order valence-corrected chi connectivity index (χ2v) is 9.95. The molecule has 1 N–H and O–H groups in total. The van der Waals surface area contributed by atoms with Crippen LogP contribution in [0.4, 0.5) is 5.69 Å². The summed E-state index contributed by atoms with van der Waals surface area (Å²) in [7, 11) is -2.17. The first kappa shape index (κ1) is 22.9. The predicted molar refractivity (Wildman–Crippen MR) is 125 cm³/mol. The van der Waals surface area contributed by atoms with Gasteiger partial charge < -0.3 is 10.1 Å². The lowest BCUT2D eigenvalue weighted by Gasteiger charge is -2.32. The number of hydrogen-bond donors (Lipinski definition) is 1. The van der Waals surface area contributed by atoms with Crippen molar-refractivity contribution >= 4 is 32.5 Å². The highest BCUT2D eigenvalue weighted by atomic mass is 32.2. The highest BCUT2D eigenvalue weighted by Crippen LogP contribution is 2.27. The van der Waals surface area contributed by atoms with Crippen molar-refractivity contribution in [3.05, 3.63) is 59.1 Å². The lowest BCUT2D eigenvalue weighted by Crippen LogP contribution is -2.41. The minimum Gasteiger partial charge on any atom is -0.495 e. The maximum absolute atomic E-state index is 13.2. The number of hydrogen-bond acceptors (Lipinski definition) is 6. The standard InChI is InChI=1S/C23H26N4O5S/c1-16-7-5-6-12-27(16)33(30,31)18-10-11-20-17(13-18)14-24-23(29)26(20)15-22(28)25-19-8-3-4-9-21(19)32-2/h3-4,8-11,13-14,16H,5-7,12,15H2,1-2H3,(H,25,28)/t16-/m1/s1. The van der Waals surface area contributed by atoms with Gasteiger partial charge in [0.15, 0.2) is 0 Å². The maximum atomic E-state index is 13.2. The number of carbonyl (C=O) groups excluding carboxylic acids is 1. The van der Waals surface area contributed by atoms with Gasteiger partial charge in [-0.3, -0.25) is 9.36 Å². The van der Waals surface area contributed by atoms with Gasteiger partial charge in [-0.05, 0) is 50.1 Å². The zero-order chi connectivity index (χ0) is 23.6. The van der Waals surface area contributed by atoms with E-state index in [2.05, 4.69) is 10.3 Å². The number of para-hydroxylation sites is 2. The topological polar surface area (TPSA) is 111 Å². The van der Waals surface area contributed by atoms with Gasteiger partial charge in [-0.2, -0.15) is 4.31 Å². The second-order valence-electron chi connectivity index (χ2n) is 8.06. The van der Waals surface area contributed by atoms with Gasteiger partial charge in [-0.25, -0.2) is 18.2 Å². The van der Waals surface area contributed by atoms with Gasteiger partial charge in [-0.1, -0.05) is 18.6 Å². The number of rotatable bonds is 6. The molecular weight excluding hydrogens is 444 g/mol. The van der Waals surface area contributed by atoms with Crippen molar-refractivity contribution in [2.24, 2.45) is 0 Å². The molecule has 9 nitrogen and oxygen atoms in total. The Balaban J connectivity index is 1.64. The van der Waals surface area contributed by atoms with Crippen LogP contribution < -0.4 is 15.7 Å². The van der Waals surface area contributed by atoms with E-state index in [1.165, 1.54) is 34.3 Å². The molecule has 1 aromatic heterocycles. The molecular formula is C23H26N4O5S. The molecule has 0 bridgehead atoms. The normalized spacial score (nSPS) is 17.1. The fourth-order valence-electron chi connectivity index (χ4n) is 4.14. The molecule has 1 aliphatic rings. The summed E-state index contributed by atoms with van der Waals surface area (Å²) in [6.45, 7) is 2.12. The number of fused-ring (bicyclic) bond motifs is 1. The number of amides is 1. The van der Waals surface area contributed by atoms with Crippen LogP contribution in [-0.4, -0.2) is 47.9 Å². The summed E-state index contributed by atoms with van der Waals surface area (Å²) >= 11 is 0. The van der Waals surface area contributed by atoms with Crippen LogP contribution in [0.5, 0.6) is 5.75 Å². The summed E-state index contributed by atoms with van der Waals surface area (Å²) < 4.78 is 34.4. The third kappa shape index (κ3) is 4.62. The van der Waals surface area contributed by atoms with Crippen LogP contribution in [0.2, 0.25) is 0 Å². The van der Waals surface area contributed by atoms with E-state index in [1.54, 1.807) is 30.3 Å². The Labute approximate surface area is 192 Å². The highest BCUT2D eigenvalue weighted by molar-refractivity contribution is 7.89. The molecule has 1 saturated heterocycles. The van der Waals surface area contributed by atoms with Gasteiger partial charge in [0.1, 0.15) is 12.3 Å². The van der Waals surface area contributed by atoms with Crippen LogP contribution in [-0.2, 0) is 21.4 Å². The fourth-order valence-corrected chi connectivity index (χ4v) is 5.87. The minimum atomic E-state index is -3.67. The lowest BCUT2D eigenvalue weighted by atomic mass is 10.1. The first-order valence-corrected chi connectivity index (χ1v) is 12.2. The lowest BCUT2D eigenvalue weighted by molar-refractivity contribution is -0.116. The van der Waals surface area contributed by atoms with Crippen molar-refractivity contribution in [3.8, 4) is 5.75 Å². The van der Waals surface area contributed by atoms with Gasteiger partial charge >= 0.3 is 5.69 Å². The molecule has 0 spiro atoms. The molecule has 174 valence electrons. The average molecular weight is 471 g/mol. The zero-order valence-electron chi connectivity index (χ0n) is 18.5. The Morgan fingerprint density at radius 1 is 1.21 bits per heavy atom. The van der Waals surface area contributed by atoms with Crippen molar-refractivity contribution in [3.63, 3.8) is 0 Å². The van der Waals surface area contributed by atoms with E-state index in [9.17, 15) is 18.0 Å². The van der Waals surface area contributed by atoms with Crippen molar-refractivity contribution in [2.75, 3.05) is 19.0 Å². The number of methoxy groups -OCH3 is 1. The van der Waals surface area contributed by atoms with E-state index in [1.807, 2.05) is 6.92 Å². The Morgan fingerprint density at radius 3 is 2.76 bits per heavy atom. The summed E-state index contributed by atoms with van der Waals surface area (Å²) in [5.41, 5.74) is 0.309. The quantitative estimate of drug-likeness (QED) is 0.593. The first-order chi connectivity index (χ1) is 15.8. The molecule has 1 atom stereocenters. The number of sulfonamides is 1. The number of piperidine rings is 1. The molecule has 33 heavy (non-hydrogen) atoms. The van der Waals surface area contributed by atoms with Crippen molar-refractivity contribution in [2.45, 2.75) is 43.7 Å². The molecule has 0 unspecified atom stereocenters. The maximum Gasteiger partial charge on any atom is 0.348 e. The summed E-state index contributed by atoms with van der Waals surface area (Å²) in [4.78, 5) is 29.1. The molecule has 1 aliphatic heterocycles. The van der Waals surface area contributed by atoms with E-state index in [-0.39, 0.29) is 17.5 Å². The number of aromatic nitrogens is 2. The summed E-state index contributed by atoms with van der Waals surface area (Å²) in [6.07, 6.45) is 4.01. The van der Waals surface area contributed by atoms with Crippen molar-refractivity contribution in [1.82, 2.24) is 13.9 Å². The third-order valence-electron chi connectivity index (χ3n) is 5.87. The Kier molecular flexibility index (Phi) is 6.48. The van der Waals surface area contributed by atoms with Gasteiger partial charge in [0, 0.05) is 24.2 Å². The minimum absolute atomic E-state index is 0.0646. The molecule has 1 amide bonds. The zero-order valence-corrected chi connectivity index (χ0v) is 19.3. The average Bonchev–Trinajstić information content (AvgIpc) is 2.81. The second kappa shape index (κ2) is 9.32. The van der Waals surface area contributed by atoms with Crippen LogP contribution in [0.15, 0.2) is 58.4 Å². The predicted octanol–water partition coefficient (Wildman–Crippen LogP) is 2.61. The van der Waals surface area contributed by atoms with Crippen molar-refractivity contribution < 1.29 is 17.9 Å². The molecule has 2 aromatic carbocycles. The molecule has 1 fully saturated rings. The molecule has 10 heteroatoms. The van der Waals surface area contributed by atoms with E-state index < -0.39 is 21.6 Å². The van der Waals surface area contributed by atoms with Crippen LogP contribution >= 0.6 is 0 Å². The molecule has 0 aliphatic carbocycles. The largest absolute Gasteiger partial charge is 0.495 e. The molecule has 2 heterocycles. The smallest absolute Gasteiger partial charge is 0.348 e. The van der Waals surface area contributed by atoms with E-state index in [0.717, 1.165) is 19.3 Å². The Bertz CT molecular complexity index is 1350. The van der Waals surface area contributed by atoms with Crippen LogP contribution in [0.25, 0.3) is 10.9 Å². The van der Waals surface area contributed by atoms with Gasteiger partial charge in [0.25, 0.3) is 0 Å². The van der Waals surface area contributed by atoms with Crippen LogP contribution in [0.1, 0.15) is 26.2 Å². The number of carbonyl (C=O) groups is 1. The van der Waals surface area contributed by atoms with E-state index >= 15 is 0 Å². The Hall–Kier alpha value is -3.24.